The van der Waals surface area contributed by atoms with Crippen molar-refractivity contribution in [1.29, 1.82) is 0 Å². The number of esters is 1. The van der Waals surface area contributed by atoms with Crippen molar-refractivity contribution >= 4 is 22.7 Å². The maximum absolute atomic E-state index is 13.7. The molecule has 2 aromatic rings. The number of ether oxygens (including phenoxy) is 2. The number of hydrogen-bond donors (Lipinski definition) is 1. The highest BCUT2D eigenvalue weighted by molar-refractivity contribution is 6.08. The fourth-order valence-electron chi connectivity index (χ4n) is 3.12. The molecule has 6 nitrogen and oxygen atoms in total. The molecule has 0 spiro atoms. The van der Waals surface area contributed by atoms with Gasteiger partial charge in [-0.15, -0.1) is 0 Å². The van der Waals surface area contributed by atoms with Gasteiger partial charge in [-0.05, 0) is 32.0 Å². The summed E-state index contributed by atoms with van der Waals surface area (Å²) in [5, 5.41) is 3.45. The van der Waals surface area contributed by atoms with E-state index in [1.165, 1.54) is 32.2 Å². The number of nitrogens with zero attached hydrogens (tertiary/aromatic N) is 1. The number of rotatable bonds is 4. The fourth-order valence-corrected chi connectivity index (χ4v) is 3.12. The molecule has 0 saturated carbocycles. The van der Waals surface area contributed by atoms with Gasteiger partial charge in [0.15, 0.2) is 11.5 Å². The molecule has 27 heavy (non-hydrogen) atoms. The summed E-state index contributed by atoms with van der Waals surface area (Å²) in [6, 6.07) is 3.69. The van der Waals surface area contributed by atoms with Gasteiger partial charge in [0.25, 0.3) is 0 Å². The Morgan fingerprint density at radius 1 is 1.30 bits per heavy atom. The molecule has 2 atom stereocenters. The standard InChI is InChI=1S/C18H19FN2O4.C2H6/c1-9-17(25-12-7-15(20-8-12)18(23)24-3)16(10(2)22)13-6-11(19)4-5-14(13)21-9;1-2/h4-6,12,15,20H,7-8H2,1-3H3;1-2H3. The smallest absolute Gasteiger partial charge is 0.323 e. The first-order chi connectivity index (χ1) is 12.9. The van der Waals surface area contributed by atoms with E-state index in [0.29, 0.717) is 40.9 Å². The van der Waals surface area contributed by atoms with Gasteiger partial charge in [0.1, 0.15) is 18.0 Å². The topological polar surface area (TPSA) is 77.5 Å². The van der Waals surface area contributed by atoms with E-state index in [1.54, 1.807) is 6.92 Å². The number of fused-ring (bicyclic) bond motifs is 1. The second kappa shape index (κ2) is 8.90. The van der Waals surface area contributed by atoms with Crippen molar-refractivity contribution in [1.82, 2.24) is 10.3 Å². The van der Waals surface area contributed by atoms with E-state index in [1.807, 2.05) is 13.8 Å². The van der Waals surface area contributed by atoms with Crippen LogP contribution in [0.25, 0.3) is 10.9 Å². The predicted molar refractivity (Wildman–Crippen MR) is 101 cm³/mol. The van der Waals surface area contributed by atoms with Crippen molar-refractivity contribution < 1.29 is 23.5 Å². The maximum Gasteiger partial charge on any atom is 0.323 e. The zero-order chi connectivity index (χ0) is 20.1. The van der Waals surface area contributed by atoms with Crippen LogP contribution in [0.4, 0.5) is 4.39 Å². The number of nitrogens with one attached hydrogen (secondary N) is 1. The Labute approximate surface area is 158 Å². The summed E-state index contributed by atoms with van der Waals surface area (Å²) in [6.07, 6.45) is 0.110. The SMILES string of the molecule is CC.COC(=O)C1CC(Oc2c(C)nc3ccc(F)cc3c2C(C)=O)CN1. The molecule has 0 bridgehead atoms. The van der Waals surface area contributed by atoms with Gasteiger partial charge in [-0.25, -0.2) is 9.37 Å². The van der Waals surface area contributed by atoms with Gasteiger partial charge in [-0.2, -0.15) is 0 Å². The van der Waals surface area contributed by atoms with E-state index < -0.39 is 11.9 Å². The summed E-state index contributed by atoms with van der Waals surface area (Å²) in [4.78, 5) is 28.3. The van der Waals surface area contributed by atoms with Crippen molar-refractivity contribution in [3.63, 3.8) is 0 Å². The molecule has 0 amide bonds. The summed E-state index contributed by atoms with van der Waals surface area (Å²) in [5.74, 6) is -0.692. The van der Waals surface area contributed by atoms with Gasteiger partial charge in [-0.3, -0.25) is 9.59 Å². The third-order valence-electron chi connectivity index (χ3n) is 4.28. The van der Waals surface area contributed by atoms with Gasteiger partial charge in [0.05, 0.1) is 23.9 Å². The molecule has 1 aromatic carbocycles. The number of halogens is 1. The number of pyridine rings is 1. The van der Waals surface area contributed by atoms with E-state index in [9.17, 15) is 14.0 Å². The zero-order valence-electron chi connectivity index (χ0n) is 16.3. The Hall–Kier alpha value is -2.54. The lowest BCUT2D eigenvalue weighted by molar-refractivity contribution is -0.142. The molecule has 0 radical (unpaired) electrons. The Morgan fingerprint density at radius 2 is 2.00 bits per heavy atom. The molecule has 2 heterocycles. The first kappa shape index (κ1) is 20.8. The number of Topliss-reactive ketones (excluding diaryl/α,β-unsaturated/α-hetero) is 1. The lowest BCUT2D eigenvalue weighted by atomic mass is 10.0. The molecule has 3 rings (SSSR count). The van der Waals surface area contributed by atoms with Crippen LogP contribution in [0.2, 0.25) is 0 Å². The third kappa shape index (κ3) is 4.42. The number of benzene rings is 1. The highest BCUT2D eigenvalue weighted by Gasteiger charge is 2.32. The largest absolute Gasteiger partial charge is 0.486 e. The van der Waals surface area contributed by atoms with Crippen molar-refractivity contribution in [2.45, 2.75) is 46.3 Å². The fraction of sp³-hybridized carbons (Fsp3) is 0.450. The van der Waals surface area contributed by atoms with Crippen molar-refractivity contribution in [2.24, 2.45) is 0 Å². The third-order valence-corrected chi connectivity index (χ3v) is 4.28. The van der Waals surface area contributed by atoms with Crippen LogP contribution in [-0.2, 0) is 9.53 Å². The highest BCUT2D eigenvalue weighted by atomic mass is 19.1. The number of ketones is 1. The van der Waals surface area contributed by atoms with Crippen LogP contribution < -0.4 is 10.1 Å². The Morgan fingerprint density at radius 3 is 2.63 bits per heavy atom. The number of methoxy groups -OCH3 is 1. The summed E-state index contributed by atoms with van der Waals surface area (Å²) in [5.41, 5.74) is 1.39. The molecular weight excluding hydrogens is 351 g/mol. The molecule has 1 aliphatic heterocycles. The highest BCUT2D eigenvalue weighted by Crippen LogP contribution is 2.32. The van der Waals surface area contributed by atoms with Gasteiger partial charge in [-0.1, -0.05) is 13.8 Å². The van der Waals surface area contributed by atoms with Crippen LogP contribution in [-0.4, -0.2) is 42.5 Å². The number of aromatic nitrogens is 1. The van der Waals surface area contributed by atoms with E-state index in [4.69, 9.17) is 9.47 Å². The zero-order valence-corrected chi connectivity index (χ0v) is 16.3. The van der Waals surface area contributed by atoms with Crippen LogP contribution in [0.3, 0.4) is 0 Å². The molecule has 1 N–H and O–H groups in total. The van der Waals surface area contributed by atoms with Crippen LogP contribution in [0, 0.1) is 12.7 Å². The molecule has 2 unspecified atom stereocenters. The maximum atomic E-state index is 13.7. The molecule has 0 aliphatic carbocycles. The van der Waals surface area contributed by atoms with Crippen molar-refractivity contribution in [2.75, 3.05) is 13.7 Å². The molecular formula is C20H25FN2O4. The van der Waals surface area contributed by atoms with Crippen LogP contribution in [0.5, 0.6) is 5.75 Å². The minimum atomic E-state index is -0.445. The average molecular weight is 376 g/mol. The quantitative estimate of drug-likeness (QED) is 0.652. The second-order valence-electron chi connectivity index (χ2n) is 6.08. The van der Waals surface area contributed by atoms with E-state index >= 15 is 0 Å². The van der Waals surface area contributed by atoms with Crippen LogP contribution in [0.15, 0.2) is 18.2 Å². The normalized spacial score (nSPS) is 18.6. The Balaban J connectivity index is 0.00000126. The average Bonchev–Trinajstić information content (AvgIpc) is 3.12. The lowest BCUT2D eigenvalue weighted by Crippen LogP contribution is -2.31. The summed E-state index contributed by atoms with van der Waals surface area (Å²) in [6.45, 7) is 7.60. The molecule has 1 aromatic heterocycles. The number of carbonyl (C=O) groups excluding carboxylic acids is 2. The molecule has 146 valence electrons. The van der Waals surface area contributed by atoms with Gasteiger partial charge < -0.3 is 14.8 Å². The van der Waals surface area contributed by atoms with E-state index in [-0.39, 0.29) is 17.9 Å². The summed E-state index contributed by atoms with van der Waals surface area (Å²) < 4.78 is 24.4. The lowest BCUT2D eigenvalue weighted by Gasteiger charge is -2.18. The van der Waals surface area contributed by atoms with Crippen molar-refractivity contribution in [3.8, 4) is 5.75 Å². The molecule has 7 heteroatoms. The minimum absolute atomic E-state index is 0.230. The van der Waals surface area contributed by atoms with Gasteiger partial charge in [0.2, 0.25) is 0 Å². The number of aryl methyl sites for hydroxylation is 1. The molecule has 1 saturated heterocycles. The first-order valence-electron chi connectivity index (χ1n) is 8.99. The second-order valence-corrected chi connectivity index (χ2v) is 6.08. The summed E-state index contributed by atoms with van der Waals surface area (Å²) >= 11 is 0. The van der Waals surface area contributed by atoms with Crippen LogP contribution >= 0.6 is 0 Å². The van der Waals surface area contributed by atoms with Crippen LogP contribution in [0.1, 0.15) is 43.2 Å². The van der Waals surface area contributed by atoms with Gasteiger partial charge >= 0.3 is 5.97 Å². The van der Waals surface area contributed by atoms with Crippen molar-refractivity contribution in [3.05, 3.63) is 35.3 Å². The molecule has 1 aliphatic rings. The monoisotopic (exact) mass is 376 g/mol. The Bertz CT molecular complexity index is 853. The van der Waals surface area contributed by atoms with Gasteiger partial charge in [0, 0.05) is 18.4 Å². The number of hydrogen-bond acceptors (Lipinski definition) is 6. The number of carbonyl (C=O) groups is 2. The first-order valence-corrected chi connectivity index (χ1v) is 8.99. The summed E-state index contributed by atoms with van der Waals surface area (Å²) in [7, 11) is 1.33. The predicted octanol–water partition coefficient (Wildman–Crippen LogP) is 3.19. The Kier molecular flexibility index (Phi) is 6.85. The minimum Gasteiger partial charge on any atom is -0.486 e. The molecule has 1 fully saturated rings. The van der Waals surface area contributed by atoms with E-state index in [2.05, 4.69) is 10.3 Å². The van der Waals surface area contributed by atoms with E-state index in [0.717, 1.165) is 0 Å².